The Labute approximate surface area is 72.6 Å². The normalized spacial score (nSPS) is 24.5. The van der Waals surface area contributed by atoms with Crippen LogP contribution < -0.4 is 0 Å². The van der Waals surface area contributed by atoms with Gasteiger partial charge in [0.2, 0.25) is 0 Å². The van der Waals surface area contributed by atoms with Gasteiger partial charge in [-0.05, 0) is 25.5 Å². The van der Waals surface area contributed by atoms with E-state index in [1.54, 1.807) is 0 Å². The van der Waals surface area contributed by atoms with Gasteiger partial charge in [-0.15, -0.1) is 0 Å². The van der Waals surface area contributed by atoms with Gasteiger partial charge in [0.25, 0.3) is 0 Å². The Hall–Kier alpha value is -0.690. The molecule has 0 N–H and O–H groups in total. The molecule has 1 nitrogen and oxygen atoms in total. The van der Waals surface area contributed by atoms with E-state index in [1.807, 2.05) is 42.5 Å². The van der Waals surface area contributed by atoms with Gasteiger partial charge < -0.3 is 4.90 Å². The number of rotatable bonds is 1. The summed E-state index contributed by atoms with van der Waals surface area (Å²) >= 11 is 5.97. The Balaban J connectivity index is 2.73. The molecule has 0 spiro atoms. The maximum absolute atomic E-state index is 5.97. The molecule has 2 heteroatoms. The van der Waals surface area contributed by atoms with Crippen LogP contribution in [-0.4, -0.2) is 10.4 Å². The summed E-state index contributed by atoms with van der Waals surface area (Å²) < 4.78 is 0. The Bertz CT molecular complexity index is 216. The van der Waals surface area contributed by atoms with Crippen LogP contribution in [0.4, 0.5) is 0 Å². The van der Waals surface area contributed by atoms with Crippen LogP contribution in [0.1, 0.15) is 13.8 Å². The molecule has 0 aliphatic carbocycles. The van der Waals surface area contributed by atoms with Gasteiger partial charge in [-0.3, -0.25) is 0 Å². The van der Waals surface area contributed by atoms with Crippen molar-refractivity contribution in [1.29, 1.82) is 0 Å². The SMILES string of the molecule is CC=CN1C=C(C)C=CC1Cl. The summed E-state index contributed by atoms with van der Waals surface area (Å²) in [5, 5.41) is 0. The molecule has 1 rings (SSSR count). The summed E-state index contributed by atoms with van der Waals surface area (Å²) in [6.07, 6.45) is 9.95. The van der Waals surface area contributed by atoms with Gasteiger partial charge in [0.05, 0.1) is 0 Å². The first-order valence-corrected chi connectivity index (χ1v) is 4.08. The zero-order valence-corrected chi connectivity index (χ0v) is 7.55. The molecule has 1 unspecified atom stereocenters. The number of hydrogen-bond donors (Lipinski definition) is 0. The monoisotopic (exact) mass is 169 g/mol. The average molecular weight is 170 g/mol. The number of halogens is 1. The highest BCUT2D eigenvalue weighted by molar-refractivity contribution is 6.21. The molecule has 1 atom stereocenters. The summed E-state index contributed by atoms with van der Waals surface area (Å²) in [5.74, 6) is 0. The van der Waals surface area contributed by atoms with E-state index in [1.165, 1.54) is 5.57 Å². The maximum Gasteiger partial charge on any atom is 0.126 e. The molecule has 60 valence electrons. The molecule has 0 radical (unpaired) electrons. The second kappa shape index (κ2) is 3.63. The van der Waals surface area contributed by atoms with E-state index in [2.05, 4.69) is 6.92 Å². The van der Waals surface area contributed by atoms with Gasteiger partial charge in [0.15, 0.2) is 0 Å². The van der Waals surface area contributed by atoms with E-state index in [0.717, 1.165) is 0 Å². The quantitative estimate of drug-likeness (QED) is 0.431. The second-order valence-corrected chi connectivity index (χ2v) is 2.98. The van der Waals surface area contributed by atoms with Crippen LogP contribution >= 0.6 is 11.6 Å². The van der Waals surface area contributed by atoms with Crippen molar-refractivity contribution in [3.8, 4) is 0 Å². The predicted molar refractivity (Wildman–Crippen MR) is 49.2 cm³/mol. The molecular formula is C9H12ClN. The number of alkyl halides is 1. The molecule has 1 aliphatic heterocycles. The minimum atomic E-state index is -0.0325. The second-order valence-electron chi connectivity index (χ2n) is 2.53. The highest BCUT2D eigenvalue weighted by Gasteiger charge is 2.08. The summed E-state index contributed by atoms with van der Waals surface area (Å²) in [4.78, 5) is 1.97. The Morgan fingerprint density at radius 1 is 1.64 bits per heavy atom. The molecule has 1 heterocycles. The molecule has 0 aromatic heterocycles. The van der Waals surface area contributed by atoms with E-state index in [9.17, 15) is 0 Å². The van der Waals surface area contributed by atoms with Gasteiger partial charge in [0, 0.05) is 12.4 Å². The van der Waals surface area contributed by atoms with E-state index >= 15 is 0 Å². The maximum atomic E-state index is 5.97. The van der Waals surface area contributed by atoms with Crippen LogP contribution in [0.3, 0.4) is 0 Å². The molecule has 0 aromatic carbocycles. The van der Waals surface area contributed by atoms with E-state index in [0.29, 0.717) is 0 Å². The lowest BCUT2D eigenvalue weighted by atomic mass is 10.2. The molecule has 0 aromatic rings. The number of hydrogen-bond acceptors (Lipinski definition) is 1. The Morgan fingerprint density at radius 3 is 3.00 bits per heavy atom. The lowest BCUT2D eigenvalue weighted by Gasteiger charge is -2.23. The van der Waals surface area contributed by atoms with Crippen molar-refractivity contribution < 1.29 is 0 Å². The van der Waals surface area contributed by atoms with Gasteiger partial charge >= 0.3 is 0 Å². The third-order valence-corrected chi connectivity index (χ3v) is 1.85. The summed E-state index contributed by atoms with van der Waals surface area (Å²) in [7, 11) is 0. The molecule has 0 saturated carbocycles. The van der Waals surface area contributed by atoms with Gasteiger partial charge in [0.1, 0.15) is 5.50 Å². The minimum absolute atomic E-state index is 0.0325. The van der Waals surface area contributed by atoms with E-state index < -0.39 is 0 Å². The first-order chi connectivity index (χ1) is 5.24. The Morgan fingerprint density at radius 2 is 2.36 bits per heavy atom. The molecule has 0 saturated heterocycles. The fraction of sp³-hybridized carbons (Fsp3) is 0.333. The fourth-order valence-electron chi connectivity index (χ4n) is 0.977. The van der Waals surface area contributed by atoms with Crippen LogP contribution in [0, 0.1) is 0 Å². The molecule has 11 heavy (non-hydrogen) atoms. The summed E-state index contributed by atoms with van der Waals surface area (Å²) in [5.41, 5.74) is 1.19. The van der Waals surface area contributed by atoms with Crippen molar-refractivity contribution in [2.24, 2.45) is 0 Å². The fourth-order valence-corrected chi connectivity index (χ4v) is 1.17. The lowest BCUT2D eigenvalue weighted by Crippen LogP contribution is -2.20. The molecule has 0 bridgehead atoms. The molecule has 1 aliphatic rings. The average Bonchev–Trinajstić information content (AvgIpc) is 1.98. The van der Waals surface area contributed by atoms with Gasteiger partial charge in [-0.1, -0.05) is 23.8 Å². The highest BCUT2D eigenvalue weighted by atomic mass is 35.5. The minimum Gasteiger partial charge on any atom is -0.334 e. The molecule has 0 amide bonds. The van der Waals surface area contributed by atoms with Gasteiger partial charge in [-0.2, -0.15) is 0 Å². The van der Waals surface area contributed by atoms with Gasteiger partial charge in [-0.25, -0.2) is 0 Å². The van der Waals surface area contributed by atoms with Crippen LogP contribution in [0.15, 0.2) is 36.2 Å². The smallest absolute Gasteiger partial charge is 0.126 e. The van der Waals surface area contributed by atoms with Crippen molar-refractivity contribution in [2.75, 3.05) is 0 Å². The van der Waals surface area contributed by atoms with E-state index in [4.69, 9.17) is 11.6 Å². The summed E-state index contributed by atoms with van der Waals surface area (Å²) in [6, 6.07) is 0. The van der Waals surface area contributed by atoms with Crippen LogP contribution in [0.2, 0.25) is 0 Å². The topological polar surface area (TPSA) is 3.24 Å². The Kier molecular flexibility index (Phi) is 2.77. The number of allylic oxidation sites excluding steroid dienone is 3. The molecular weight excluding hydrogens is 158 g/mol. The largest absolute Gasteiger partial charge is 0.334 e. The molecule has 0 fully saturated rings. The van der Waals surface area contributed by atoms with Crippen molar-refractivity contribution in [1.82, 2.24) is 4.90 Å². The van der Waals surface area contributed by atoms with Crippen LogP contribution in [-0.2, 0) is 0 Å². The zero-order valence-electron chi connectivity index (χ0n) is 6.79. The zero-order chi connectivity index (χ0) is 8.27. The predicted octanol–water partition coefficient (Wildman–Crippen LogP) is 2.86. The lowest BCUT2D eigenvalue weighted by molar-refractivity contribution is 0.513. The number of nitrogens with zero attached hydrogens (tertiary/aromatic N) is 1. The third kappa shape index (κ3) is 2.12. The van der Waals surface area contributed by atoms with Crippen LogP contribution in [0.5, 0.6) is 0 Å². The highest BCUT2D eigenvalue weighted by Crippen LogP contribution is 2.16. The first kappa shape index (κ1) is 8.41. The third-order valence-electron chi connectivity index (χ3n) is 1.48. The van der Waals surface area contributed by atoms with Crippen LogP contribution in [0.25, 0.3) is 0 Å². The van der Waals surface area contributed by atoms with E-state index in [-0.39, 0.29) is 5.50 Å². The standard InChI is InChI=1S/C9H12ClN/c1-3-6-11-7-8(2)4-5-9(11)10/h3-7,9H,1-2H3. The summed E-state index contributed by atoms with van der Waals surface area (Å²) in [6.45, 7) is 4.03. The van der Waals surface area contributed by atoms with Crippen molar-refractivity contribution in [3.63, 3.8) is 0 Å². The van der Waals surface area contributed by atoms with Crippen molar-refractivity contribution in [3.05, 3.63) is 36.2 Å². The van der Waals surface area contributed by atoms with Crippen molar-refractivity contribution in [2.45, 2.75) is 19.3 Å². The van der Waals surface area contributed by atoms with Crippen molar-refractivity contribution >= 4 is 11.6 Å². The first-order valence-electron chi connectivity index (χ1n) is 3.65.